The molecular weight excluding hydrogens is 342 g/mol. The smallest absolute Gasteiger partial charge is 0.357 e. The molecule has 1 saturated carbocycles. The fourth-order valence-corrected chi connectivity index (χ4v) is 3.83. The number of aromatic nitrogens is 1. The van der Waals surface area contributed by atoms with Crippen LogP contribution in [0.25, 0.3) is 10.9 Å². The summed E-state index contributed by atoms with van der Waals surface area (Å²) in [6, 6.07) is 10.9. The van der Waals surface area contributed by atoms with Crippen molar-refractivity contribution in [1.82, 2.24) is 4.98 Å². The summed E-state index contributed by atoms with van der Waals surface area (Å²) in [4.78, 5) is 28.7. The Balaban J connectivity index is 1.56. The van der Waals surface area contributed by atoms with Crippen LogP contribution >= 0.6 is 0 Å². The van der Waals surface area contributed by atoms with Crippen molar-refractivity contribution < 1.29 is 19.1 Å². The van der Waals surface area contributed by atoms with Crippen LogP contribution in [0.4, 0.5) is 0 Å². The maximum atomic E-state index is 12.2. The van der Waals surface area contributed by atoms with Crippen LogP contribution < -0.4 is 0 Å². The SMILES string of the molecule is CC(C)[C@H]1CC[C@H](C)C[C@H]1OC(=O)COC(=O)c1ccc2ccccc2n1. The van der Waals surface area contributed by atoms with Crippen LogP contribution in [0.15, 0.2) is 36.4 Å². The molecule has 144 valence electrons. The molecular formula is C22H27NO4. The highest BCUT2D eigenvalue weighted by Crippen LogP contribution is 2.35. The predicted octanol–water partition coefficient (Wildman–Crippen LogP) is 4.40. The van der Waals surface area contributed by atoms with Gasteiger partial charge < -0.3 is 9.47 Å². The van der Waals surface area contributed by atoms with Crippen molar-refractivity contribution in [1.29, 1.82) is 0 Å². The van der Waals surface area contributed by atoms with Crippen molar-refractivity contribution in [2.24, 2.45) is 17.8 Å². The van der Waals surface area contributed by atoms with E-state index < -0.39 is 11.9 Å². The maximum absolute atomic E-state index is 12.2. The van der Waals surface area contributed by atoms with Crippen LogP contribution in [0.3, 0.4) is 0 Å². The minimum absolute atomic E-state index is 0.0984. The third-order valence-electron chi connectivity index (χ3n) is 5.37. The normalized spacial score (nSPS) is 22.6. The number of esters is 2. The number of para-hydroxylation sites is 1. The lowest BCUT2D eigenvalue weighted by atomic mass is 9.75. The summed E-state index contributed by atoms with van der Waals surface area (Å²) >= 11 is 0. The largest absolute Gasteiger partial charge is 0.460 e. The van der Waals surface area contributed by atoms with Gasteiger partial charge in [-0.2, -0.15) is 0 Å². The number of pyridine rings is 1. The molecule has 3 atom stereocenters. The minimum atomic E-state index is -0.616. The van der Waals surface area contributed by atoms with Crippen molar-refractivity contribution >= 4 is 22.8 Å². The Morgan fingerprint density at radius 2 is 1.93 bits per heavy atom. The Kier molecular flexibility index (Phi) is 6.09. The molecule has 27 heavy (non-hydrogen) atoms. The van der Waals surface area contributed by atoms with Crippen molar-refractivity contribution in [3.8, 4) is 0 Å². The quantitative estimate of drug-likeness (QED) is 0.731. The molecule has 0 aliphatic heterocycles. The van der Waals surface area contributed by atoms with Crippen LogP contribution in [0.1, 0.15) is 50.5 Å². The molecule has 0 unspecified atom stereocenters. The Bertz CT molecular complexity index is 817. The predicted molar refractivity (Wildman–Crippen MR) is 103 cm³/mol. The van der Waals surface area contributed by atoms with E-state index >= 15 is 0 Å². The zero-order chi connectivity index (χ0) is 19.4. The molecule has 5 heteroatoms. The molecule has 1 aromatic heterocycles. The highest BCUT2D eigenvalue weighted by Gasteiger charge is 2.33. The van der Waals surface area contributed by atoms with Gasteiger partial charge in [0.25, 0.3) is 0 Å². The molecule has 0 spiro atoms. The van der Waals surface area contributed by atoms with Gasteiger partial charge in [0.1, 0.15) is 11.8 Å². The van der Waals surface area contributed by atoms with Crippen LogP contribution in [0.2, 0.25) is 0 Å². The Labute approximate surface area is 160 Å². The molecule has 2 aromatic rings. The van der Waals surface area contributed by atoms with Gasteiger partial charge in [0.15, 0.2) is 6.61 Å². The van der Waals surface area contributed by atoms with Crippen LogP contribution in [-0.4, -0.2) is 29.6 Å². The van der Waals surface area contributed by atoms with E-state index in [2.05, 4.69) is 25.8 Å². The molecule has 0 N–H and O–H groups in total. The maximum Gasteiger partial charge on any atom is 0.357 e. The number of fused-ring (bicyclic) bond motifs is 1. The van der Waals surface area contributed by atoms with Gasteiger partial charge in [-0.3, -0.25) is 0 Å². The summed E-state index contributed by atoms with van der Waals surface area (Å²) < 4.78 is 10.8. The number of ether oxygens (including phenoxy) is 2. The molecule has 0 amide bonds. The van der Waals surface area contributed by atoms with E-state index in [0.29, 0.717) is 23.3 Å². The molecule has 5 nitrogen and oxygen atoms in total. The topological polar surface area (TPSA) is 65.5 Å². The summed E-state index contributed by atoms with van der Waals surface area (Å²) in [5.41, 5.74) is 0.901. The third kappa shape index (κ3) is 4.85. The van der Waals surface area contributed by atoms with Gasteiger partial charge in [0.05, 0.1) is 5.52 Å². The molecule has 1 fully saturated rings. The van der Waals surface area contributed by atoms with Crippen molar-refractivity contribution in [3.05, 3.63) is 42.1 Å². The van der Waals surface area contributed by atoms with Gasteiger partial charge in [0, 0.05) is 5.39 Å². The number of hydrogen-bond donors (Lipinski definition) is 0. The van der Waals surface area contributed by atoms with E-state index in [1.54, 1.807) is 6.07 Å². The number of carbonyl (C=O) groups excluding carboxylic acids is 2. The van der Waals surface area contributed by atoms with Crippen molar-refractivity contribution in [2.45, 2.75) is 46.1 Å². The van der Waals surface area contributed by atoms with Gasteiger partial charge in [0.2, 0.25) is 0 Å². The van der Waals surface area contributed by atoms with Crippen LogP contribution in [0, 0.1) is 17.8 Å². The molecule has 3 rings (SSSR count). The average molecular weight is 369 g/mol. The number of benzene rings is 1. The average Bonchev–Trinajstić information content (AvgIpc) is 2.65. The minimum Gasteiger partial charge on any atom is -0.460 e. The number of rotatable bonds is 5. The second-order valence-corrected chi connectivity index (χ2v) is 7.82. The second-order valence-electron chi connectivity index (χ2n) is 7.82. The highest BCUT2D eigenvalue weighted by molar-refractivity contribution is 5.92. The zero-order valence-electron chi connectivity index (χ0n) is 16.2. The van der Waals surface area contributed by atoms with E-state index in [0.717, 1.165) is 18.2 Å². The standard InChI is InChI=1S/C22H27NO4/c1-14(2)17-10-8-15(3)12-20(17)27-21(24)13-26-22(25)19-11-9-16-6-4-5-7-18(16)23-19/h4-7,9,11,14-15,17,20H,8,10,12-13H2,1-3H3/t15-,17+,20+/m0/s1. The van der Waals surface area contributed by atoms with Gasteiger partial charge >= 0.3 is 11.9 Å². The zero-order valence-corrected chi connectivity index (χ0v) is 16.2. The van der Waals surface area contributed by atoms with Crippen LogP contribution in [0.5, 0.6) is 0 Å². The number of nitrogens with zero attached hydrogens (tertiary/aromatic N) is 1. The number of hydrogen-bond acceptors (Lipinski definition) is 5. The molecule has 0 bridgehead atoms. The lowest BCUT2D eigenvalue weighted by Crippen LogP contribution is -2.36. The summed E-state index contributed by atoms with van der Waals surface area (Å²) in [6.45, 7) is 6.12. The summed E-state index contributed by atoms with van der Waals surface area (Å²) in [6.07, 6.45) is 3.00. The highest BCUT2D eigenvalue weighted by atomic mass is 16.6. The van der Waals surface area contributed by atoms with Gasteiger partial charge in [-0.25, -0.2) is 14.6 Å². The first-order chi connectivity index (χ1) is 12.9. The Morgan fingerprint density at radius 1 is 1.15 bits per heavy atom. The molecule has 0 radical (unpaired) electrons. The molecule has 1 aliphatic rings. The fourth-order valence-electron chi connectivity index (χ4n) is 3.83. The van der Waals surface area contributed by atoms with Crippen molar-refractivity contribution in [2.75, 3.05) is 6.61 Å². The van der Waals surface area contributed by atoms with E-state index in [9.17, 15) is 9.59 Å². The molecule has 0 saturated heterocycles. The molecule has 1 heterocycles. The number of carbonyl (C=O) groups is 2. The monoisotopic (exact) mass is 369 g/mol. The van der Waals surface area contributed by atoms with Gasteiger partial charge in [-0.05, 0) is 42.7 Å². The van der Waals surface area contributed by atoms with E-state index in [1.807, 2.05) is 30.3 Å². The first-order valence-electron chi connectivity index (χ1n) is 9.66. The lowest BCUT2D eigenvalue weighted by Gasteiger charge is -2.36. The van der Waals surface area contributed by atoms with E-state index in [4.69, 9.17) is 9.47 Å². The van der Waals surface area contributed by atoms with Gasteiger partial charge in [-0.1, -0.05) is 51.5 Å². The lowest BCUT2D eigenvalue weighted by molar-refractivity contribution is -0.159. The Morgan fingerprint density at radius 3 is 2.70 bits per heavy atom. The van der Waals surface area contributed by atoms with Crippen LogP contribution in [-0.2, 0) is 14.3 Å². The summed E-state index contributed by atoms with van der Waals surface area (Å²) in [5.74, 6) is 0.258. The van der Waals surface area contributed by atoms with Gasteiger partial charge in [-0.15, -0.1) is 0 Å². The first kappa shape index (κ1) is 19.3. The third-order valence-corrected chi connectivity index (χ3v) is 5.37. The first-order valence-corrected chi connectivity index (χ1v) is 9.66. The van der Waals surface area contributed by atoms with E-state index in [-0.39, 0.29) is 18.4 Å². The summed E-state index contributed by atoms with van der Waals surface area (Å²) in [7, 11) is 0. The Hall–Kier alpha value is -2.43. The molecule has 1 aliphatic carbocycles. The summed E-state index contributed by atoms with van der Waals surface area (Å²) in [5, 5.41) is 0.944. The van der Waals surface area contributed by atoms with E-state index in [1.165, 1.54) is 6.42 Å². The second kappa shape index (κ2) is 8.51. The van der Waals surface area contributed by atoms with Crippen molar-refractivity contribution in [3.63, 3.8) is 0 Å². The molecule has 1 aromatic carbocycles. The fraction of sp³-hybridized carbons (Fsp3) is 0.500.